The first kappa shape index (κ1) is 27.4. The van der Waals surface area contributed by atoms with E-state index in [4.69, 9.17) is 31.2 Å². The first-order chi connectivity index (χ1) is 18.2. The van der Waals surface area contributed by atoms with Crippen LogP contribution in [0.25, 0.3) is 0 Å². The third-order valence-corrected chi connectivity index (χ3v) is 6.59. The van der Waals surface area contributed by atoms with E-state index in [1.165, 1.54) is 12.1 Å². The monoisotopic (exact) mass is 546 g/mol. The lowest BCUT2D eigenvalue weighted by Crippen LogP contribution is -2.44. The van der Waals surface area contributed by atoms with Crippen LogP contribution in [0.3, 0.4) is 0 Å². The Balaban J connectivity index is 1.62. The van der Waals surface area contributed by atoms with Gasteiger partial charge in [0.05, 0.1) is 32.4 Å². The highest BCUT2D eigenvalue weighted by atomic mass is 32.1. The largest absolute Gasteiger partial charge is 0.494 e. The molecule has 1 N–H and O–H groups in total. The number of hydrogen-bond acceptors (Lipinski definition) is 5. The summed E-state index contributed by atoms with van der Waals surface area (Å²) < 4.78 is 62.1. The number of ether oxygens (including phenoxy) is 4. The molecule has 6 nitrogen and oxygen atoms in total. The van der Waals surface area contributed by atoms with Crippen molar-refractivity contribution in [3.63, 3.8) is 0 Å². The number of fused-ring (bicyclic) bond motifs is 1. The molecule has 0 radical (unpaired) electrons. The Morgan fingerprint density at radius 2 is 1.68 bits per heavy atom. The van der Waals surface area contributed by atoms with Gasteiger partial charge in [0.2, 0.25) is 0 Å². The van der Waals surface area contributed by atoms with Gasteiger partial charge in [-0.2, -0.15) is 13.2 Å². The van der Waals surface area contributed by atoms with E-state index >= 15 is 0 Å². The number of anilines is 1. The number of alkyl halides is 3. The molecule has 0 fully saturated rings. The number of rotatable bonds is 8. The van der Waals surface area contributed by atoms with Crippen LogP contribution in [0.5, 0.6) is 23.0 Å². The molecule has 0 amide bonds. The quantitative estimate of drug-likeness (QED) is 0.324. The highest BCUT2D eigenvalue weighted by molar-refractivity contribution is 7.80. The zero-order chi connectivity index (χ0) is 27.3. The number of benzene rings is 3. The number of hydrogen-bond donors (Lipinski definition) is 1. The summed E-state index contributed by atoms with van der Waals surface area (Å²) in [4.78, 5) is 1.98. The van der Waals surface area contributed by atoms with Crippen molar-refractivity contribution in [3.8, 4) is 23.0 Å². The fourth-order valence-electron chi connectivity index (χ4n) is 4.38. The minimum Gasteiger partial charge on any atom is -0.494 e. The van der Waals surface area contributed by atoms with Gasteiger partial charge >= 0.3 is 6.18 Å². The highest BCUT2D eigenvalue weighted by Gasteiger charge is 2.33. The summed E-state index contributed by atoms with van der Waals surface area (Å²) in [6.45, 7) is 3.12. The molecule has 38 heavy (non-hydrogen) atoms. The smallest absolute Gasteiger partial charge is 0.416 e. The normalized spacial score (nSPS) is 14.9. The predicted octanol–water partition coefficient (Wildman–Crippen LogP) is 6.50. The summed E-state index contributed by atoms with van der Waals surface area (Å²) in [7, 11) is 3.13. The minimum atomic E-state index is -4.46. The summed E-state index contributed by atoms with van der Waals surface area (Å²) in [5.41, 5.74) is 1.95. The maximum Gasteiger partial charge on any atom is 0.416 e. The van der Waals surface area contributed by atoms with Gasteiger partial charge in [0.15, 0.2) is 16.6 Å². The van der Waals surface area contributed by atoms with Crippen molar-refractivity contribution in [1.82, 2.24) is 4.90 Å². The number of thiocarbonyl (C=S) groups is 1. The van der Waals surface area contributed by atoms with Crippen molar-refractivity contribution in [2.45, 2.75) is 25.6 Å². The highest BCUT2D eigenvalue weighted by Crippen LogP contribution is 2.39. The van der Waals surface area contributed by atoms with Crippen LogP contribution in [-0.4, -0.2) is 44.0 Å². The molecule has 0 aromatic heterocycles. The van der Waals surface area contributed by atoms with Crippen LogP contribution < -0.4 is 24.3 Å². The second-order valence-corrected chi connectivity index (χ2v) is 8.98. The number of nitrogens with one attached hydrogen (secondary N) is 1. The molecule has 0 bridgehead atoms. The van der Waals surface area contributed by atoms with E-state index in [1.54, 1.807) is 14.2 Å². The first-order valence-corrected chi connectivity index (χ1v) is 12.5. The van der Waals surface area contributed by atoms with Gasteiger partial charge in [-0.05, 0) is 91.3 Å². The van der Waals surface area contributed by atoms with E-state index < -0.39 is 17.8 Å². The fraction of sp³-hybridized carbons (Fsp3) is 0.321. The average molecular weight is 547 g/mol. The van der Waals surface area contributed by atoms with Crippen LogP contribution in [0.1, 0.15) is 29.7 Å². The Bertz CT molecular complexity index is 1270. The summed E-state index contributed by atoms with van der Waals surface area (Å²) in [5, 5.41) is 3.73. The molecular formula is C28H29F3N2O4S. The lowest BCUT2D eigenvalue weighted by atomic mass is 9.92. The first-order valence-electron chi connectivity index (χ1n) is 12.1. The van der Waals surface area contributed by atoms with E-state index in [1.807, 2.05) is 48.2 Å². The van der Waals surface area contributed by atoms with Gasteiger partial charge in [0, 0.05) is 12.2 Å². The molecule has 0 aliphatic carbocycles. The minimum absolute atomic E-state index is 0.0644. The van der Waals surface area contributed by atoms with E-state index in [0.717, 1.165) is 34.7 Å². The van der Waals surface area contributed by atoms with Crippen LogP contribution in [0.15, 0.2) is 60.7 Å². The molecule has 202 valence electrons. The van der Waals surface area contributed by atoms with Crippen LogP contribution in [-0.2, 0) is 12.6 Å². The van der Waals surface area contributed by atoms with Crippen LogP contribution >= 0.6 is 12.2 Å². The number of methoxy groups -OCH3 is 2. The lowest BCUT2D eigenvalue weighted by molar-refractivity contribution is -0.137. The number of halogens is 3. The molecule has 1 heterocycles. The summed E-state index contributed by atoms with van der Waals surface area (Å²) in [6, 6.07) is 15.7. The van der Waals surface area contributed by atoms with Crippen molar-refractivity contribution in [3.05, 3.63) is 77.4 Å². The standard InChI is InChI=1S/C28H29F3N2O4S/c1-4-36-21-10-8-20(9-11-21)32-27(38)33-13-12-18-14-25(34-2)26(35-3)16-23(18)24(33)17-37-22-7-5-6-19(15-22)28(29,30)31/h5-11,14-16,24H,4,12-13,17H2,1-3H3,(H,32,38). The van der Waals surface area contributed by atoms with Gasteiger partial charge in [0.25, 0.3) is 0 Å². The van der Waals surface area contributed by atoms with Gasteiger partial charge in [0.1, 0.15) is 18.1 Å². The third kappa shape index (κ3) is 6.24. The van der Waals surface area contributed by atoms with E-state index in [0.29, 0.717) is 36.2 Å². The Morgan fingerprint density at radius 1 is 0.974 bits per heavy atom. The van der Waals surface area contributed by atoms with Crippen molar-refractivity contribution < 1.29 is 32.1 Å². The molecule has 0 spiro atoms. The zero-order valence-electron chi connectivity index (χ0n) is 21.3. The molecule has 4 rings (SSSR count). The molecular weight excluding hydrogens is 517 g/mol. The Labute approximate surface area is 225 Å². The molecule has 1 aliphatic heterocycles. The maximum absolute atomic E-state index is 13.2. The Hall–Kier alpha value is -3.66. The van der Waals surface area contributed by atoms with Crippen LogP contribution in [0.2, 0.25) is 0 Å². The molecule has 1 unspecified atom stereocenters. The van der Waals surface area contributed by atoms with Gasteiger partial charge in [-0.3, -0.25) is 0 Å². The molecule has 3 aromatic rings. The third-order valence-electron chi connectivity index (χ3n) is 6.25. The summed E-state index contributed by atoms with van der Waals surface area (Å²) in [6.07, 6.45) is -3.78. The summed E-state index contributed by atoms with van der Waals surface area (Å²) in [5.74, 6) is 2.02. The second-order valence-electron chi connectivity index (χ2n) is 8.59. The molecule has 10 heteroatoms. The van der Waals surface area contributed by atoms with Crippen molar-refractivity contribution >= 4 is 23.0 Å². The molecule has 3 aromatic carbocycles. The van der Waals surface area contributed by atoms with Gasteiger partial charge in [-0.25, -0.2) is 0 Å². The average Bonchev–Trinajstić information content (AvgIpc) is 2.91. The van der Waals surface area contributed by atoms with Crippen LogP contribution in [0, 0.1) is 0 Å². The zero-order valence-corrected chi connectivity index (χ0v) is 22.1. The topological polar surface area (TPSA) is 52.2 Å². The molecule has 1 atom stereocenters. The molecule has 0 saturated heterocycles. The molecule has 1 aliphatic rings. The summed E-state index contributed by atoms with van der Waals surface area (Å²) >= 11 is 5.78. The van der Waals surface area contributed by atoms with E-state index in [9.17, 15) is 13.2 Å². The Kier molecular flexibility index (Phi) is 8.51. The molecule has 0 saturated carbocycles. The maximum atomic E-state index is 13.2. The predicted molar refractivity (Wildman–Crippen MR) is 143 cm³/mol. The number of nitrogens with zero attached hydrogens (tertiary/aromatic N) is 1. The van der Waals surface area contributed by atoms with Gasteiger partial charge in [-0.1, -0.05) is 6.07 Å². The van der Waals surface area contributed by atoms with Gasteiger partial charge < -0.3 is 29.2 Å². The second kappa shape index (κ2) is 11.8. The lowest BCUT2D eigenvalue weighted by Gasteiger charge is -2.39. The van der Waals surface area contributed by atoms with Crippen molar-refractivity contribution in [2.24, 2.45) is 0 Å². The van der Waals surface area contributed by atoms with E-state index in [-0.39, 0.29) is 12.4 Å². The van der Waals surface area contributed by atoms with Crippen LogP contribution in [0.4, 0.5) is 18.9 Å². The van der Waals surface area contributed by atoms with E-state index in [2.05, 4.69) is 5.32 Å². The van der Waals surface area contributed by atoms with Gasteiger partial charge in [-0.15, -0.1) is 0 Å². The van der Waals surface area contributed by atoms with Crippen molar-refractivity contribution in [1.29, 1.82) is 0 Å². The Morgan fingerprint density at radius 3 is 2.34 bits per heavy atom. The fourth-order valence-corrected chi connectivity index (χ4v) is 4.72. The van der Waals surface area contributed by atoms with Crippen molar-refractivity contribution in [2.75, 3.05) is 39.3 Å². The SMILES string of the molecule is CCOc1ccc(NC(=S)N2CCc3cc(OC)c(OC)cc3C2COc2cccc(C(F)(F)F)c2)cc1.